The van der Waals surface area contributed by atoms with Crippen LogP contribution in [-0.2, 0) is 6.42 Å². The summed E-state index contributed by atoms with van der Waals surface area (Å²) in [4.78, 5) is 1.24. The molecule has 3 heteroatoms. The fraction of sp³-hybridized carbons (Fsp3) is 0.231. The molecule has 2 N–H and O–H groups in total. The molecule has 0 aliphatic heterocycles. The molecule has 1 atom stereocenters. The number of rotatable bonds is 3. The molecule has 1 nitrogen and oxygen atoms in total. The van der Waals surface area contributed by atoms with Gasteiger partial charge < -0.3 is 5.73 Å². The standard InChI is InChI=1S/C13H14FNS/c1-9-6-11(8-16-9)13(15)7-10-4-2-3-5-12(10)14/h2-6,8,13H,7,15H2,1H3. The van der Waals surface area contributed by atoms with E-state index in [0.717, 1.165) is 5.56 Å². The molecular formula is C13H14FNS. The first kappa shape index (κ1) is 11.3. The van der Waals surface area contributed by atoms with Gasteiger partial charge in [-0.15, -0.1) is 11.3 Å². The van der Waals surface area contributed by atoms with Crippen LogP contribution in [0.2, 0.25) is 0 Å². The molecule has 0 amide bonds. The summed E-state index contributed by atoms with van der Waals surface area (Å²) in [5.74, 6) is -0.176. The van der Waals surface area contributed by atoms with E-state index in [0.29, 0.717) is 12.0 Å². The number of halogens is 1. The quantitative estimate of drug-likeness (QED) is 0.866. The minimum absolute atomic E-state index is 0.123. The summed E-state index contributed by atoms with van der Waals surface area (Å²) in [7, 11) is 0. The Kier molecular flexibility index (Phi) is 3.36. The number of benzene rings is 1. The largest absolute Gasteiger partial charge is 0.324 e. The van der Waals surface area contributed by atoms with Crippen molar-refractivity contribution in [3.8, 4) is 0 Å². The van der Waals surface area contributed by atoms with Crippen molar-refractivity contribution in [3.63, 3.8) is 0 Å². The highest BCUT2D eigenvalue weighted by molar-refractivity contribution is 7.10. The molecule has 1 unspecified atom stereocenters. The second-order valence-corrected chi connectivity index (χ2v) is 5.01. The van der Waals surface area contributed by atoms with Gasteiger partial charge in [-0.1, -0.05) is 18.2 Å². The zero-order valence-corrected chi connectivity index (χ0v) is 9.93. The van der Waals surface area contributed by atoms with Crippen molar-refractivity contribution in [1.29, 1.82) is 0 Å². The molecule has 1 aromatic carbocycles. The molecule has 1 aromatic heterocycles. The van der Waals surface area contributed by atoms with Crippen molar-refractivity contribution in [2.75, 3.05) is 0 Å². The van der Waals surface area contributed by atoms with Gasteiger partial charge in [-0.25, -0.2) is 4.39 Å². The summed E-state index contributed by atoms with van der Waals surface area (Å²) in [6.45, 7) is 2.05. The highest BCUT2D eigenvalue weighted by Crippen LogP contribution is 2.22. The number of hydrogen-bond acceptors (Lipinski definition) is 2. The first-order valence-corrected chi connectivity index (χ1v) is 6.09. The van der Waals surface area contributed by atoms with Crippen molar-refractivity contribution in [3.05, 3.63) is 57.5 Å². The van der Waals surface area contributed by atoms with Gasteiger partial charge in [0.15, 0.2) is 0 Å². The highest BCUT2D eigenvalue weighted by Gasteiger charge is 2.10. The molecule has 0 saturated heterocycles. The predicted molar refractivity (Wildman–Crippen MR) is 66.1 cm³/mol. The van der Waals surface area contributed by atoms with Gasteiger partial charge in [-0.2, -0.15) is 0 Å². The van der Waals surface area contributed by atoms with Gasteiger partial charge in [0.1, 0.15) is 5.82 Å². The van der Waals surface area contributed by atoms with Gasteiger partial charge in [-0.3, -0.25) is 0 Å². The lowest BCUT2D eigenvalue weighted by Gasteiger charge is -2.10. The van der Waals surface area contributed by atoms with Gasteiger partial charge in [0.05, 0.1) is 0 Å². The summed E-state index contributed by atoms with van der Waals surface area (Å²) in [5.41, 5.74) is 7.82. The van der Waals surface area contributed by atoms with E-state index in [4.69, 9.17) is 5.73 Å². The third kappa shape index (κ3) is 2.49. The lowest BCUT2D eigenvalue weighted by atomic mass is 10.0. The Hall–Kier alpha value is -1.19. The van der Waals surface area contributed by atoms with Gasteiger partial charge in [0, 0.05) is 10.9 Å². The van der Waals surface area contributed by atoms with Crippen LogP contribution in [0.25, 0.3) is 0 Å². The highest BCUT2D eigenvalue weighted by atomic mass is 32.1. The lowest BCUT2D eigenvalue weighted by Crippen LogP contribution is -2.13. The van der Waals surface area contributed by atoms with E-state index >= 15 is 0 Å². The molecule has 0 fully saturated rings. The molecule has 2 aromatic rings. The maximum absolute atomic E-state index is 13.4. The smallest absolute Gasteiger partial charge is 0.126 e. The van der Waals surface area contributed by atoms with Gasteiger partial charge in [-0.05, 0) is 42.0 Å². The Morgan fingerprint density at radius 2 is 2.12 bits per heavy atom. The molecule has 0 bridgehead atoms. The minimum Gasteiger partial charge on any atom is -0.324 e. The van der Waals surface area contributed by atoms with Gasteiger partial charge in [0.25, 0.3) is 0 Å². The van der Waals surface area contributed by atoms with E-state index in [9.17, 15) is 4.39 Å². The van der Waals surface area contributed by atoms with Crippen LogP contribution in [0.3, 0.4) is 0 Å². The number of hydrogen-bond donors (Lipinski definition) is 1. The summed E-state index contributed by atoms with van der Waals surface area (Å²) in [5, 5.41) is 2.04. The Morgan fingerprint density at radius 1 is 1.38 bits per heavy atom. The molecule has 0 saturated carbocycles. The average molecular weight is 235 g/mol. The molecular weight excluding hydrogens is 221 g/mol. The number of nitrogens with two attached hydrogens (primary N) is 1. The van der Waals surface area contributed by atoms with Gasteiger partial charge in [0.2, 0.25) is 0 Å². The van der Waals surface area contributed by atoms with Crippen LogP contribution in [-0.4, -0.2) is 0 Å². The van der Waals surface area contributed by atoms with Crippen LogP contribution < -0.4 is 5.73 Å². The van der Waals surface area contributed by atoms with Crippen LogP contribution in [0.1, 0.15) is 22.0 Å². The number of thiophene rings is 1. The SMILES string of the molecule is Cc1cc(C(N)Cc2ccccc2F)cs1. The van der Waals surface area contributed by atoms with Gasteiger partial charge >= 0.3 is 0 Å². The molecule has 16 heavy (non-hydrogen) atoms. The fourth-order valence-corrected chi connectivity index (χ4v) is 2.45. The second kappa shape index (κ2) is 4.76. The third-order valence-electron chi connectivity index (χ3n) is 2.58. The van der Waals surface area contributed by atoms with E-state index in [2.05, 4.69) is 6.07 Å². The second-order valence-electron chi connectivity index (χ2n) is 3.89. The van der Waals surface area contributed by atoms with E-state index in [1.807, 2.05) is 18.4 Å². The minimum atomic E-state index is -0.176. The average Bonchev–Trinajstić information content (AvgIpc) is 2.68. The maximum atomic E-state index is 13.4. The van der Waals surface area contributed by atoms with E-state index in [1.54, 1.807) is 23.5 Å². The Morgan fingerprint density at radius 3 is 2.75 bits per heavy atom. The monoisotopic (exact) mass is 235 g/mol. The van der Waals surface area contributed by atoms with Crippen LogP contribution in [0.15, 0.2) is 35.7 Å². The van der Waals surface area contributed by atoms with Crippen molar-refractivity contribution in [1.82, 2.24) is 0 Å². The first-order chi connectivity index (χ1) is 7.66. The van der Waals surface area contributed by atoms with Crippen molar-refractivity contribution in [2.24, 2.45) is 5.73 Å². The number of aryl methyl sites for hydroxylation is 1. The molecule has 1 heterocycles. The van der Waals surface area contributed by atoms with E-state index in [1.165, 1.54) is 10.9 Å². The molecule has 0 radical (unpaired) electrons. The summed E-state index contributed by atoms with van der Waals surface area (Å²) in [6, 6.07) is 8.73. The predicted octanol–water partition coefficient (Wildman–Crippen LogP) is 3.44. The Labute approximate surface area is 98.7 Å². The van der Waals surface area contributed by atoms with E-state index in [-0.39, 0.29) is 11.9 Å². The van der Waals surface area contributed by atoms with Crippen LogP contribution in [0, 0.1) is 12.7 Å². The van der Waals surface area contributed by atoms with Crippen LogP contribution in [0.4, 0.5) is 4.39 Å². The van der Waals surface area contributed by atoms with E-state index < -0.39 is 0 Å². The molecule has 0 aliphatic rings. The topological polar surface area (TPSA) is 26.0 Å². The third-order valence-corrected chi connectivity index (χ3v) is 3.46. The van der Waals surface area contributed by atoms with Crippen molar-refractivity contribution < 1.29 is 4.39 Å². The normalized spacial score (nSPS) is 12.7. The summed E-state index contributed by atoms with van der Waals surface area (Å²) < 4.78 is 13.4. The Balaban J connectivity index is 2.13. The van der Waals surface area contributed by atoms with Crippen molar-refractivity contribution >= 4 is 11.3 Å². The molecule has 0 aliphatic carbocycles. The molecule has 2 rings (SSSR count). The van der Waals surface area contributed by atoms with Crippen LogP contribution in [0.5, 0.6) is 0 Å². The Bertz CT molecular complexity index is 478. The van der Waals surface area contributed by atoms with Crippen LogP contribution >= 0.6 is 11.3 Å². The molecule has 0 spiro atoms. The zero-order chi connectivity index (χ0) is 11.5. The molecule has 84 valence electrons. The zero-order valence-electron chi connectivity index (χ0n) is 9.11. The maximum Gasteiger partial charge on any atom is 0.126 e. The van der Waals surface area contributed by atoms with Crippen molar-refractivity contribution in [2.45, 2.75) is 19.4 Å². The fourth-order valence-electron chi connectivity index (χ4n) is 1.68. The summed E-state index contributed by atoms with van der Waals surface area (Å²) in [6.07, 6.45) is 0.544. The first-order valence-electron chi connectivity index (χ1n) is 5.21. The summed E-state index contributed by atoms with van der Waals surface area (Å²) >= 11 is 1.67. The lowest BCUT2D eigenvalue weighted by molar-refractivity contribution is 0.593.